The molecule has 1 aromatic rings. The Morgan fingerprint density at radius 1 is 1.35 bits per heavy atom. The molecule has 2 rings (SSSR count). The highest BCUT2D eigenvalue weighted by Gasteiger charge is 2.31. The third-order valence-electron chi connectivity index (χ3n) is 3.46. The molecule has 0 aromatic heterocycles. The van der Waals surface area contributed by atoms with Gasteiger partial charge in [0.1, 0.15) is 11.3 Å². The number of amides is 1. The lowest BCUT2D eigenvalue weighted by Gasteiger charge is -2.26. The molecule has 0 bridgehead atoms. The Morgan fingerprint density at radius 3 is 2.70 bits per heavy atom. The van der Waals surface area contributed by atoms with E-state index in [-0.39, 0.29) is 17.1 Å². The maximum Gasteiger partial charge on any atom is 0.326 e. The number of carbonyl (C=O) groups excluding carboxylic acids is 1. The van der Waals surface area contributed by atoms with Crippen LogP contribution in [0.2, 0.25) is 0 Å². The second kappa shape index (κ2) is 6.31. The predicted molar refractivity (Wildman–Crippen MR) is 79.7 cm³/mol. The van der Waals surface area contributed by atoms with Gasteiger partial charge < -0.3 is 10.4 Å². The molecule has 0 saturated carbocycles. The van der Waals surface area contributed by atoms with Crippen LogP contribution in [0.4, 0.5) is 0 Å². The quantitative estimate of drug-likeness (QED) is 0.893. The third kappa shape index (κ3) is 3.15. The molecule has 1 amide bonds. The lowest BCUT2D eigenvalue weighted by atomic mass is 10.00. The molecule has 1 aromatic carbocycles. The van der Waals surface area contributed by atoms with E-state index in [2.05, 4.69) is 5.32 Å². The molecule has 4 nitrogen and oxygen atoms in total. The van der Waals surface area contributed by atoms with Gasteiger partial charge in [-0.2, -0.15) is 0 Å². The van der Waals surface area contributed by atoms with E-state index in [1.54, 1.807) is 25.6 Å². The molecular weight excluding hydrogens is 274 g/mol. The molecule has 1 aliphatic heterocycles. The smallest absolute Gasteiger partial charge is 0.326 e. The minimum atomic E-state index is -0.984. The zero-order valence-electron chi connectivity index (χ0n) is 11.6. The van der Waals surface area contributed by atoms with Gasteiger partial charge in [-0.25, -0.2) is 4.79 Å². The standard InChI is InChI=1S/C15H19NO3S/c1-9(2)12(15(18)19)16-14(17)13-11-6-4-3-5-10(11)7-8-20-13/h3-6,9,12-13H,7-8H2,1-2H3,(H,16,17)(H,18,19)/t12-,13?/m0/s1. The van der Waals surface area contributed by atoms with Gasteiger partial charge in [0, 0.05) is 0 Å². The first-order valence-corrected chi connectivity index (χ1v) is 7.78. The Labute approximate surface area is 123 Å². The van der Waals surface area contributed by atoms with Gasteiger partial charge in [0.25, 0.3) is 0 Å². The molecular formula is C15H19NO3S. The van der Waals surface area contributed by atoms with Gasteiger partial charge in [0.2, 0.25) is 5.91 Å². The number of carbonyl (C=O) groups is 2. The summed E-state index contributed by atoms with van der Waals surface area (Å²) >= 11 is 1.57. The number of hydrogen-bond donors (Lipinski definition) is 2. The van der Waals surface area contributed by atoms with Crippen molar-refractivity contribution in [3.8, 4) is 0 Å². The van der Waals surface area contributed by atoms with Crippen LogP contribution in [-0.2, 0) is 16.0 Å². The summed E-state index contributed by atoms with van der Waals surface area (Å²) in [6, 6.07) is 7.04. The number of hydrogen-bond acceptors (Lipinski definition) is 3. The molecule has 0 aliphatic carbocycles. The summed E-state index contributed by atoms with van der Waals surface area (Å²) in [7, 11) is 0. The van der Waals surface area contributed by atoms with Crippen molar-refractivity contribution in [1.82, 2.24) is 5.32 Å². The van der Waals surface area contributed by atoms with E-state index in [1.165, 1.54) is 5.56 Å². The van der Waals surface area contributed by atoms with E-state index >= 15 is 0 Å². The first-order valence-electron chi connectivity index (χ1n) is 6.73. The van der Waals surface area contributed by atoms with Crippen molar-refractivity contribution in [2.45, 2.75) is 31.6 Å². The highest BCUT2D eigenvalue weighted by molar-refractivity contribution is 8.00. The number of fused-ring (bicyclic) bond motifs is 1. The van der Waals surface area contributed by atoms with E-state index in [9.17, 15) is 9.59 Å². The van der Waals surface area contributed by atoms with Crippen LogP contribution in [0, 0.1) is 5.92 Å². The van der Waals surface area contributed by atoms with Gasteiger partial charge in [0.15, 0.2) is 0 Å². The highest BCUT2D eigenvalue weighted by Crippen LogP contribution is 2.36. The number of nitrogens with one attached hydrogen (secondary N) is 1. The van der Waals surface area contributed by atoms with Crippen molar-refractivity contribution >= 4 is 23.6 Å². The normalized spacial score (nSPS) is 19.2. The maximum atomic E-state index is 12.4. The van der Waals surface area contributed by atoms with Crippen LogP contribution in [0.15, 0.2) is 24.3 Å². The third-order valence-corrected chi connectivity index (χ3v) is 4.70. The van der Waals surface area contributed by atoms with E-state index in [0.717, 1.165) is 17.7 Å². The van der Waals surface area contributed by atoms with Gasteiger partial charge >= 0.3 is 5.97 Å². The average Bonchev–Trinajstić information content (AvgIpc) is 2.43. The van der Waals surface area contributed by atoms with E-state index < -0.39 is 12.0 Å². The Balaban J connectivity index is 2.16. The van der Waals surface area contributed by atoms with Crippen molar-refractivity contribution in [2.75, 3.05) is 5.75 Å². The van der Waals surface area contributed by atoms with Crippen molar-refractivity contribution in [2.24, 2.45) is 5.92 Å². The molecule has 0 saturated heterocycles. The number of carboxylic acids is 1. The summed E-state index contributed by atoms with van der Waals surface area (Å²) in [6.07, 6.45) is 0.956. The highest BCUT2D eigenvalue weighted by atomic mass is 32.2. The minimum absolute atomic E-state index is 0.139. The molecule has 2 N–H and O–H groups in total. The summed E-state index contributed by atoms with van der Waals surface area (Å²) in [5, 5.41) is 11.5. The Hall–Kier alpha value is -1.49. The fraction of sp³-hybridized carbons (Fsp3) is 0.467. The summed E-state index contributed by atoms with van der Waals surface area (Å²) in [5.41, 5.74) is 2.19. The van der Waals surface area contributed by atoms with Gasteiger partial charge in [-0.15, -0.1) is 11.8 Å². The van der Waals surface area contributed by atoms with Crippen molar-refractivity contribution in [1.29, 1.82) is 0 Å². The van der Waals surface area contributed by atoms with Crippen LogP contribution in [0.1, 0.15) is 30.2 Å². The van der Waals surface area contributed by atoms with Crippen LogP contribution >= 0.6 is 11.8 Å². The van der Waals surface area contributed by atoms with Gasteiger partial charge in [-0.3, -0.25) is 4.79 Å². The molecule has 2 atom stereocenters. The number of aryl methyl sites for hydroxylation is 1. The molecule has 1 unspecified atom stereocenters. The summed E-state index contributed by atoms with van der Waals surface area (Å²) in [5.74, 6) is -0.444. The second-order valence-electron chi connectivity index (χ2n) is 5.27. The number of carboxylic acid groups (broad SMARTS) is 1. The largest absolute Gasteiger partial charge is 0.480 e. The SMILES string of the molecule is CC(C)[C@H](NC(=O)C1SCCc2ccccc21)C(=O)O. The lowest BCUT2D eigenvalue weighted by Crippen LogP contribution is -2.46. The molecule has 0 fully saturated rings. The monoisotopic (exact) mass is 293 g/mol. The molecule has 0 spiro atoms. The second-order valence-corrected chi connectivity index (χ2v) is 6.48. The molecule has 1 aliphatic rings. The average molecular weight is 293 g/mol. The zero-order chi connectivity index (χ0) is 14.7. The molecule has 20 heavy (non-hydrogen) atoms. The van der Waals surface area contributed by atoms with Crippen LogP contribution in [0.3, 0.4) is 0 Å². The molecule has 1 heterocycles. The summed E-state index contributed by atoms with van der Waals surface area (Å²) < 4.78 is 0. The topological polar surface area (TPSA) is 66.4 Å². The van der Waals surface area contributed by atoms with Crippen LogP contribution in [-0.4, -0.2) is 28.8 Å². The minimum Gasteiger partial charge on any atom is -0.480 e. The van der Waals surface area contributed by atoms with Crippen LogP contribution in [0.25, 0.3) is 0 Å². The Morgan fingerprint density at radius 2 is 2.05 bits per heavy atom. The van der Waals surface area contributed by atoms with Crippen molar-refractivity contribution in [3.63, 3.8) is 0 Å². The predicted octanol–water partition coefficient (Wildman–Crippen LogP) is 2.24. The molecule has 108 valence electrons. The molecule has 5 heteroatoms. The fourth-order valence-corrected chi connectivity index (χ4v) is 3.56. The van der Waals surface area contributed by atoms with Crippen molar-refractivity contribution < 1.29 is 14.7 Å². The Kier molecular flexibility index (Phi) is 4.70. The first-order chi connectivity index (χ1) is 9.50. The number of thioether (sulfide) groups is 1. The van der Waals surface area contributed by atoms with E-state index in [1.807, 2.05) is 24.3 Å². The van der Waals surface area contributed by atoms with Gasteiger partial charge in [-0.1, -0.05) is 38.1 Å². The van der Waals surface area contributed by atoms with Crippen LogP contribution in [0.5, 0.6) is 0 Å². The number of rotatable bonds is 4. The van der Waals surface area contributed by atoms with Crippen LogP contribution < -0.4 is 5.32 Å². The van der Waals surface area contributed by atoms with E-state index in [4.69, 9.17) is 5.11 Å². The summed E-state index contributed by atoms with van der Waals surface area (Å²) in [6.45, 7) is 3.59. The van der Waals surface area contributed by atoms with Gasteiger partial charge in [0.05, 0.1) is 0 Å². The fourth-order valence-electron chi connectivity index (χ4n) is 2.35. The Bertz CT molecular complexity index is 516. The first kappa shape index (κ1) is 14.9. The zero-order valence-corrected chi connectivity index (χ0v) is 12.4. The molecule has 0 radical (unpaired) electrons. The van der Waals surface area contributed by atoms with Crippen molar-refractivity contribution in [3.05, 3.63) is 35.4 Å². The number of benzene rings is 1. The lowest BCUT2D eigenvalue weighted by molar-refractivity contribution is -0.143. The van der Waals surface area contributed by atoms with E-state index in [0.29, 0.717) is 0 Å². The summed E-state index contributed by atoms with van der Waals surface area (Å²) in [4.78, 5) is 23.6. The number of aliphatic carboxylic acids is 1. The van der Waals surface area contributed by atoms with Gasteiger partial charge in [-0.05, 0) is 29.2 Å². The maximum absolute atomic E-state index is 12.4.